The Balaban J connectivity index is 1.63. The van der Waals surface area contributed by atoms with E-state index in [-0.39, 0.29) is 0 Å². The molecule has 1 aromatic rings. The lowest BCUT2D eigenvalue weighted by atomic mass is 9.88. The van der Waals surface area contributed by atoms with Gasteiger partial charge in [-0.25, -0.2) is 4.79 Å². The van der Waals surface area contributed by atoms with E-state index in [1.807, 2.05) is 12.1 Å². The first kappa shape index (κ1) is 12.5. The van der Waals surface area contributed by atoms with Crippen molar-refractivity contribution in [3.63, 3.8) is 0 Å². The average Bonchev–Trinajstić information content (AvgIpc) is 3.01. The fourth-order valence-corrected chi connectivity index (χ4v) is 3.92. The lowest BCUT2D eigenvalue weighted by Gasteiger charge is -2.28. The maximum absolute atomic E-state index is 10.8. The molecule has 3 atom stereocenters. The summed E-state index contributed by atoms with van der Waals surface area (Å²) in [5.74, 6) is 1.90. The summed E-state index contributed by atoms with van der Waals surface area (Å²) in [6.45, 7) is 1.10. The summed E-state index contributed by atoms with van der Waals surface area (Å²) >= 11 is 0. The normalized spacial score (nSPS) is 28.6. The molecule has 1 N–H and O–H groups in total. The molecular weight excluding hydrogens is 238 g/mol. The molecule has 1 aromatic carbocycles. The van der Waals surface area contributed by atoms with Gasteiger partial charge in [0.15, 0.2) is 0 Å². The molecule has 3 unspecified atom stereocenters. The Morgan fingerprint density at radius 3 is 2.53 bits per heavy atom. The summed E-state index contributed by atoms with van der Waals surface area (Å²) in [5.41, 5.74) is 1.48. The van der Waals surface area contributed by atoms with Crippen molar-refractivity contribution in [3.05, 3.63) is 29.8 Å². The predicted molar refractivity (Wildman–Crippen MR) is 75.6 cm³/mol. The highest BCUT2D eigenvalue weighted by atomic mass is 16.4. The van der Waals surface area contributed by atoms with Crippen LogP contribution >= 0.6 is 0 Å². The molecule has 2 aliphatic rings. The first-order valence-corrected chi connectivity index (χ1v) is 7.18. The number of anilines is 1. The Labute approximate surface area is 114 Å². The zero-order valence-electron chi connectivity index (χ0n) is 11.4. The van der Waals surface area contributed by atoms with Crippen molar-refractivity contribution in [2.24, 2.45) is 17.8 Å². The van der Waals surface area contributed by atoms with Crippen molar-refractivity contribution in [3.8, 4) is 0 Å². The van der Waals surface area contributed by atoms with E-state index in [9.17, 15) is 4.79 Å². The zero-order valence-corrected chi connectivity index (χ0v) is 11.4. The molecule has 0 saturated heterocycles. The number of benzene rings is 1. The van der Waals surface area contributed by atoms with Crippen LogP contribution in [0.5, 0.6) is 0 Å². The van der Waals surface area contributed by atoms with E-state index in [1.54, 1.807) is 12.1 Å². The van der Waals surface area contributed by atoms with Crippen molar-refractivity contribution in [2.45, 2.75) is 25.7 Å². The summed E-state index contributed by atoms with van der Waals surface area (Å²) in [7, 11) is 2.11. The van der Waals surface area contributed by atoms with Crippen LogP contribution in [0.4, 0.5) is 5.69 Å². The van der Waals surface area contributed by atoms with Gasteiger partial charge in [0.25, 0.3) is 0 Å². The number of hydrogen-bond donors (Lipinski definition) is 1. The SMILES string of the molecule is CN(CC1CC2CCC1C2)c1ccc(C(=O)O)cc1. The molecule has 0 spiro atoms. The molecule has 0 amide bonds. The second-order valence-electron chi connectivity index (χ2n) is 6.17. The van der Waals surface area contributed by atoms with E-state index in [4.69, 9.17) is 5.11 Å². The Bertz CT molecular complexity index is 468. The second-order valence-corrected chi connectivity index (χ2v) is 6.17. The highest BCUT2D eigenvalue weighted by Crippen LogP contribution is 2.48. The maximum atomic E-state index is 10.8. The minimum Gasteiger partial charge on any atom is -0.478 e. The van der Waals surface area contributed by atoms with Gasteiger partial charge in [-0.2, -0.15) is 0 Å². The van der Waals surface area contributed by atoms with Gasteiger partial charge in [-0.3, -0.25) is 0 Å². The Kier molecular flexibility index (Phi) is 3.21. The minimum atomic E-state index is -0.859. The third-order valence-corrected chi connectivity index (χ3v) is 4.95. The maximum Gasteiger partial charge on any atom is 0.335 e. The quantitative estimate of drug-likeness (QED) is 0.902. The summed E-state index contributed by atoms with van der Waals surface area (Å²) in [6.07, 6.45) is 5.69. The van der Waals surface area contributed by atoms with Crippen LogP contribution in [0, 0.1) is 17.8 Å². The van der Waals surface area contributed by atoms with E-state index in [0.29, 0.717) is 5.56 Å². The van der Waals surface area contributed by atoms with Crippen LogP contribution < -0.4 is 4.90 Å². The van der Waals surface area contributed by atoms with Gasteiger partial charge in [0.2, 0.25) is 0 Å². The van der Waals surface area contributed by atoms with Gasteiger partial charge in [0.1, 0.15) is 0 Å². The van der Waals surface area contributed by atoms with Crippen LogP contribution in [0.25, 0.3) is 0 Å². The van der Waals surface area contributed by atoms with Gasteiger partial charge in [-0.05, 0) is 61.3 Å². The molecule has 3 nitrogen and oxygen atoms in total. The van der Waals surface area contributed by atoms with Crippen molar-refractivity contribution in [2.75, 3.05) is 18.5 Å². The van der Waals surface area contributed by atoms with E-state index in [1.165, 1.54) is 25.7 Å². The third kappa shape index (κ3) is 2.46. The van der Waals surface area contributed by atoms with Crippen LogP contribution in [-0.2, 0) is 0 Å². The largest absolute Gasteiger partial charge is 0.478 e. The molecule has 2 aliphatic carbocycles. The molecule has 2 fully saturated rings. The van der Waals surface area contributed by atoms with Gasteiger partial charge < -0.3 is 10.0 Å². The van der Waals surface area contributed by atoms with Crippen molar-refractivity contribution < 1.29 is 9.90 Å². The van der Waals surface area contributed by atoms with Crippen molar-refractivity contribution >= 4 is 11.7 Å². The number of rotatable bonds is 4. The number of nitrogens with zero attached hydrogens (tertiary/aromatic N) is 1. The van der Waals surface area contributed by atoms with Crippen LogP contribution in [0.3, 0.4) is 0 Å². The molecule has 3 rings (SSSR count). The Morgan fingerprint density at radius 1 is 1.26 bits per heavy atom. The Morgan fingerprint density at radius 2 is 2.00 bits per heavy atom. The Hall–Kier alpha value is -1.51. The number of carbonyl (C=O) groups is 1. The van der Waals surface area contributed by atoms with Crippen molar-refractivity contribution in [1.82, 2.24) is 0 Å². The van der Waals surface area contributed by atoms with Gasteiger partial charge in [-0.1, -0.05) is 6.42 Å². The summed E-state index contributed by atoms with van der Waals surface area (Å²) in [4.78, 5) is 13.1. The topological polar surface area (TPSA) is 40.5 Å². The summed E-state index contributed by atoms with van der Waals surface area (Å²) in [6, 6.07) is 7.21. The molecule has 0 aromatic heterocycles. The van der Waals surface area contributed by atoms with Crippen LogP contribution in [0.2, 0.25) is 0 Å². The monoisotopic (exact) mass is 259 g/mol. The minimum absolute atomic E-state index is 0.358. The molecule has 0 heterocycles. The van der Waals surface area contributed by atoms with Crippen LogP contribution in [0.15, 0.2) is 24.3 Å². The molecule has 19 heavy (non-hydrogen) atoms. The smallest absolute Gasteiger partial charge is 0.335 e. The molecule has 102 valence electrons. The van der Waals surface area contributed by atoms with E-state index in [2.05, 4.69) is 11.9 Å². The average molecular weight is 259 g/mol. The summed E-state index contributed by atoms with van der Waals surface area (Å²) < 4.78 is 0. The zero-order chi connectivity index (χ0) is 13.4. The number of carboxylic acid groups (broad SMARTS) is 1. The van der Waals surface area contributed by atoms with E-state index in [0.717, 1.165) is 30.0 Å². The molecule has 0 radical (unpaired) electrons. The molecular formula is C16H21NO2. The number of carboxylic acids is 1. The second kappa shape index (κ2) is 4.87. The van der Waals surface area contributed by atoms with Gasteiger partial charge >= 0.3 is 5.97 Å². The van der Waals surface area contributed by atoms with Gasteiger partial charge in [0, 0.05) is 19.3 Å². The lowest BCUT2D eigenvalue weighted by molar-refractivity contribution is 0.0697. The first-order valence-electron chi connectivity index (χ1n) is 7.18. The molecule has 2 bridgehead atoms. The molecule has 3 heteroatoms. The standard InChI is InChI=1S/C16H21NO2/c1-17(10-14-9-11-2-3-13(14)8-11)15-6-4-12(5-7-15)16(18)19/h4-7,11,13-14H,2-3,8-10H2,1H3,(H,18,19). The third-order valence-electron chi connectivity index (χ3n) is 4.95. The van der Waals surface area contributed by atoms with Gasteiger partial charge in [-0.15, -0.1) is 0 Å². The fourth-order valence-electron chi connectivity index (χ4n) is 3.92. The van der Waals surface area contributed by atoms with Crippen LogP contribution in [-0.4, -0.2) is 24.7 Å². The van der Waals surface area contributed by atoms with E-state index < -0.39 is 5.97 Å². The molecule has 2 saturated carbocycles. The summed E-state index contributed by atoms with van der Waals surface area (Å²) in [5, 5.41) is 8.90. The van der Waals surface area contributed by atoms with E-state index >= 15 is 0 Å². The predicted octanol–water partition coefficient (Wildman–Crippen LogP) is 3.26. The van der Waals surface area contributed by atoms with Gasteiger partial charge in [0.05, 0.1) is 5.56 Å². The molecule has 0 aliphatic heterocycles. The highest BCUT2D eigenvalue weighted by Gasteiger charge is 2.39. The van der Waals surface area contributed by atoms with Crippen LogP contribution in [0.1, 0.15) is 36.0 Å². The first-order chi connectivity index (χ1) is 9.13. The highest BCUT2D eigenvalue weighted by molar-refractivity contribution is 5.88. The number of hydrogen-bond acceptors (Lipinski definition) is 2. The number of aromatic carboxylic acids is 1. The lowest BCUT2D eigenvalue weighted by Crippen LogP contribution is -2.28. The number of fused-ring (bicyclic) bond motifs is 2. The van der Waals surface area contributed by atoms with Crippen molar-refractivity contribution in [1.29, 1.82) is 0 Å². The fraction of sp³-hybridized carbons (Fsp3) is 0.562.